The highest BCUT2D eigenvalue weighted by molar-refractivity contribution is 7.22. The van der Waals surface area contributed by atoms with Crippen molar-refractivity contribution in [1.29, 1.82) is 0 Å². The van der Waals surface area contributed by atoms with Gasteiger partial charge in [0.1, 0.15) is 5.75 Å². The van der Waals surface area contributed by atoms with Crippen LogP contribution in [0.15, 0.2) is 60.9 Å². The highest BCUT2D eigenvalue weighted by Crippen LogP contribution is 2.31. The Morgan fingerprint density at radius 2 is 1.97 bits per heavy atom. The minimum atomic E-state index is -2.91. The first-order chi connectivity index (χ1) is 15.5. The third kappa shape index (κ3) is 3.87. The molecular weight excluding hydrogens is 436 g/mol. The summed E-state index contributed by atoms with van der Waals surface area (Å²) in [4.78, 5) is 22.2. The first-order valence-corrected chi connectivity index (χ1v) is 10.3. The number of aromatic nitrogens is 4. The molecule has 3 heterocycles. The van der Waals surface area contributed by atoms with E-state index in [-0.39, 0.29) is 11.7 Å². The fourth-order valence-corrected chi connectivity index (χ4v) is 4.25. The van der Waals surface area contributed by atoms with E-state index >= 15 is 0 Å². The molecule has 0 fully saturated rings. The Morgan fingerprint density at radius 1 is 1.12 bits per heavy atom. The van der Waals surface area contributed by atoms with Gasteiger partial charge < -0.3 is 4.74 Å². The minimum absolute atomic E-state index is 0.0373. The normalized spacial score (nSPS) is 11.4. The van der Waals surface area contributed by atoms with Crippen LogP contribution in [0.5, 0.6) is 5.75 Å². The third-order valence-electron chi connectivity index (χ3n) is 4.77. The van der Waals surface area contributed by atoms with E-state index in [1.807, 2.05) is 37.5 Å². The van der Waals surface area contributed by atoms with Crippen LogP contribution in [0.2, 0.25) is 0 Å². The first-order valence-electron chi connectivity index (χ1n) is 9.52. The topological polar surface area (TPSA) is 81.9 Å². The summed E-state index contributed by atoms with van der Waals surface area (Å²) in [7, 11) is 1.81. The lowest BCUT2D eigenvalue weighted by atomic mass is 10.1. The van der Waals surface area contributed by atoms with Gasteiger partial charge in [0, 0.05) is 24.2 Å². The lowest BCUT2D eigenvalue weighted by Crippen LogP contribution is -2.12. The summed E-state index contributed by atoms with van der Waals surface area (Å²) < 4.78 is 31.7. The number of hydrogen-bond donors (Lipinski definition) is 1. The smallest absolute Gasteiger partial charge is 0.387 e. The molecule has 0 spiro atoms. The molecule has 7 nitrogen and oxygen atoms in total. The minimum Gasteiger partial charge on any atom is -0.435 e. The maximum Gasteiger partial charge on any atom is 0.387 e. The number of carbonyl (C=O) groups is 1. The second-order valence-corrected chi connectivity index (χ2v) is 7.99. The van der Waals surface area contributed by atoms with Gasteiger partial charge in [0.2, 0.25) is 0 Å². The average Bonchev–Trinajstić information content (AvgIpc) is 3.37. The first kappa shape index (κ1) is 20.0. The summed E-state index contributed by atoms with van der Waals surface area (Å²) in [5.41, 5.74) is 3.11. The van der Waals surface area contributed by atoms with E-state index in [0.29, 0.717) is 37.5 Å². The number of aryl methyl sites for hydroxylation is 1. The molecule has 0 aliphatic heterocycles. The Balaban J connectivity index is 1.50. The van der Waals surface area contributed by atoms with E-state index in [4.69, 9.17) is 0 Å². The van der Waals surface area contributed by atoms with Gasteiger partial charge in [-0.3, -0.25) is 14.8 Å². The summed E-state index contributed by atoms with van der Waals surface area (Å²) in [5.74, 6) is -0.313. The third-order valence-corrected chi connectivity index (χ3v) is 5.70. The molecule has 1 amide bonds. The fourth-order valence-electron chi connectivity index (χ4n) is 3.36. The van der Waals surface area contributed by atoms with Gasteiger partial charge in [0.15, 0.2) is 5.13 Å². The van der Waals surface area contributed by atoms with Gasteiger partial charge in [-0.2, -0.15) is 13.9 Å². The van der Waals surface area contributed by atoms with E-state index in [0.717, 1.165) is 5.56 Å². The molecule has 2 aromatic carbocycles. The molecule has 5 aromatic rings. The maximum absolute atomic E-state index is 13.2. The largest absolute Gasteiger partial charge is 0.435 e. The van der Waals surface area contributed by atoms with E-state index in [2.05, 4.69) is 25.1 Å². The Labute approximate surface area is 184 Å². The Hall–Kier alpha value is -3.92. The van der Waals surface area contributed by atoms with Gasteiger partial charge in [-0.05, 0) is 30.3 Å². The van der Waals surface area contributed by atoms with Crippen molar-refractivity contribution in [2.24, 2.45) is 7.05 Å². The van der Waals surface area contributed by atoms with Crippen LogP contribution in [0, 0.1) is 0 Å². The Bertz CT molecular complexity index is 1460. The molecule has 3 aromatic heterocycles. The predicted octanol–water partition coefficient (Wildman–Crippen LogP) is 5.10. The van der Waals surface area contributed by atoms with Crippen molar-refractivity contribution in [2.75, 3.05) is 5.32 Å². The van der Waals surface area contributed by atoms with Gasteiger partial charge >= 0.3 is 6.61 Å². The number of nitrogens with one attached hydrogen (secondary N) is 1. The lowest BCUT2D eigenvalue weighted by Gasteiger charge is -2.08. The van der Waals surface area contributed by atoms with E-state index in [1.54, 1.807) is 23.0 Å². The van der Waals surface area contributed by atoms with Gasteiger partial charge in [0.25, 0.3) is 5.91 Å². The number of anilines is 1. The molecule has 0 radical (unpaired) electrons. The molecular formula is C22H15F2N5O2S. The van der Waals surface area contributed by atoms with Crippen LogP contribution in [0.25, 0.3) is 32.4 Å². The number of fused-ring (bicyclic) bond motifs is 2. The molecule has 0 bridgehead atoms. The molecule has 0 saturated heterocycles. The number of rotatable bonds is 5. The highest BCUT2D eigenvalue weighted by atomic mass is 32.1. The monoisotopic (exact) mass is 451 g/mol. The number of carbonyl (C=O) groups excluding carboxylic acids is 1. The van der Waals surface area contributed by atoms with Crippen molar-refractivity contribution >= 4 is 43.5 Å². The molecule has 160 valence electrons. The fraction of sp³-hybridized carbons (Fsp3) is 0.0909. The average molecular weight is 451 g/mol. The van der Waals surface area contributed by atoms with Crippen molar-refractivity contribution in [3.8, 4) is 17.0 Å². The molecule has 0 unspecified atom stereocenters. The number of para-hydroxylation sites is 1. The van der Waals surface area contributed by atoms with Crippen LogP contribution in [0.4, 0.5) is 13.9 Å². The van der Waals surface area contributed by atoms with Crippen molar-refractivity contribution < 1.29 is 18.3 Å². The van der Waals surface area contributed by atoms with Crippen LogP contribution in [-0.4, -0.2) is 32.3 Å². The summed E-state index contributed by atoms with van der Waals surface area (Å²) in [5, 5.41) is 8.04. The zero-order chi connectivity index (χ0) is 22.2. The molecule has 0 saturated carbocycles. The van der Waals surface area contributed by atoms with Crippen molar-refractivity contribution in [1.82, 2.24) is 19.7 Å². The van der Waals surface area contributed by atoms with Gasteiger partial charge in [-0.1, -0.05) is 29.5 Å². The van der Waals surface area contributed by atoms with Crippen LogP contribution >= 0.6 is 11.3 Å². The standard InChI is InChI=1S/C22H15F2N5O2S/c1-29-11-12(10-25-29)18-9-15(14-4-2-3-5-16(14)26-18)20(30)28-22-27-17-7-6-13(31-21(23)24)8-19(17)32-22/h2-11,21H,1H3,(H,27,28,30). The SMILES string of the molecule is Cn1cc(-c2cc(C(=O)Nc3nc4ccc(OC(F)F)cc4s3)c3ccccc3n2)cn1. The number of nitrogens with zero attached hydrogens (tertiary/aromatic N) is 4. The van der Waals surface area contributed by atoms with Crippen LogP contribution in [-0.2, 0) is 7.05 Å². The van der Waals surface area contributed by atoms with Crippen LogP contribution in [0.3, 0.4) is 0 Å². The molecule has 5 rings (SSSR count). The van der Waals surface area contributed by atoms with Gasteiger partial charge in [-0.15, -0.1) is 0 Å². The van der Waals surface area contributed by atoms with Crippen molar-refractivity contribution in [2.45, 2.75) is 6.61 Å². The summed E-state index contributed by atoms with van der Waals surface area (Å²) in [6.07, 6.45) is 3.51. The molecule has 10 heteroatoms. The molecule has 0 aliphatic rings. The number of alkyl halides is 2. The summed E-state index contributed by atoms with van der Waals surface area (Å²) in [6.45, 7) is -2.91. The van der Waals surface area contributed by atoms with Gasteiger partial charge in [0.05, 0.1) is 33.2 Å². The second kappa shape index (κ2) is 7.97. The zero-order valence-corrected chi connectivity index (χ0v) is 17.4. The number of ether oxygens (including phenoxy) is 1. The highest BCUT2D eigenvalue weighted by Gasteiger charge is 2.17. The van der Waals surface area contributed by atoms with Gasteiger partial charge in [-0.25, -0.2) is 9.97 Å². The summed E-state index contributed by atoms with van der Waals surface area (Å²) in [6, 6.07) is 13.5. The molecule has 32 heavy (non-hydrogen) atoms. The Morgan fingerprint density at radius 3 is 2.75 bits per heavy atom. The number of thiazole rings is 1. The number of halogens is 2. The zero-order valence-electron chi connectivity index (χ0n) is 16.6. The molecule has 0 aliphatic carbocycles. The number of pyridine rings is 1. The van der Waals surface area contributed by atoms with E-state index in [9.17, 15) is 13.6 Å². The van der Waals surface area contributed by atoms with Crippen LogP contribution in [0.1, 0.15) is 10.4 Å². The summed E-state index contributed by atoms with van der Waals surface area (Å²) >= 11 is 1.17. The predicted molar refractivity (Wildman–Crippen MR) is 118 cm³/mol. The Kier molecular flexibility index (Phi) is 4.98. The number of hydrogen-bond acceptors (Lipinski definition) is 6. The van der Waals surface area contributed by atoms with Crippen LogP contribution < -0.4 is 10.1 Å². The van der Waals surface area contributed by atoms with E-state index < -0.39 is 6.61 Å². The number of amides is 1. The second-order valence-electron chi connectivity index (χ2n) is 6.96. The molecule has 1 N–H and O–H groups in total. The quantitative estimate of drug-likeness (QED) is 0.402. The maximum atomic E-state index is 13.2. The lowest BCUT2D eigenvalue weighted by molar-refractivity contribution is -0.0497. The molecule has 0 atom stereocenters. The van der Waals surface area contributed by atoms with Crippen molar-refractivity contribution in [3.05, 3.63) is 66.5 Å². The van der Waals surface area contributed by atoms with E-state index in [1.165, 1.54) is 23.5 Å². The number of benzene rings is 2. The van der Waals surface area contributed by atoms with Crippen molar-refractivity contribution in [3.63, 3.8) is 0 Å².